The van der Waals surface area contributed by atoms with Crippen molar-refractivity contribution in [3.05, 3.63) is 93.0 Å². The molecular weight excluding hydrogens is 754 g/mol. The van der Waals surface area contributed by atoms with E-state index in [1.165, 1.54) is 5.69 Å². The molecule has 5 amide bonds. The van der Waals surface area contributed by atoms with Crippen LogP contribution in [0.2, 0.25) is 5.02 Å². The van der Waals surface area contributed by atoms with Gasteiger partial charge < -0.3 is 14.7 Å². The second-order valence-electron chi connectivity index (χ2n) is 18.0. The summed E-state index contributed by atoms with van der Waals surface area (Å²) < 4.78 is 0. The molecule has 1 aliphatic carbocycles. The molecule has 10 rings (SSSR count). The minimum Gasteiger partial charge on any atom is -0.371 e. The Morgan fingerprint density at radius 3 is 2.14 bits per heavy atom. The van der Waals surface area contributed by atoms with Crippen LogP contribution in [0.5, 0.6) is 0 Å². The van der Waals surface area contributed by atoms with Crippen LogP contribution in [0.15, 0.2) is 54.6 Å². The first-order valence-electron chi connectivity index (χ1n) is 20.7. The molecule has 2 spiro atoms. The minimum absolute atomic E-state index is 0.0995. The maximum absolute atomic E-state index is 13.5. The Bertz CT molecular complexity index is 2300. The molecule has 1 N–H and O–H groups in total. The second-order valence-corrected chi connectivity index (χ2v) is 18.4. The Kier molecular flexibility index (Phi) is 8.91. The molecular formula is C45H46ClN7O5. The van der Waals surface area contributed by atoms with Crippen molar-refractivity contribution < 1.29 is 24.0 Å². The van der Waals surface area contributed by atoms with E-state index in [9.17, 15) is 29.2 Å². The lowest BCUT2D eigenvalue weighted by Crippen LogP contribution is -2.64. The maximum Gasteiger partial charge on any atom is 0.262 e. The SMILES string of the molecule is N#Cc1ccc(N2CCC3(CCN(c4ccc(C(=O)N5CC6(CC(CN7CCc8cc9c(cc8C7)C(=O)N(C7CCC(=O)NC7=O)C9=O)C6)C5)cc4)CC3)C2)cc1Cl. The van der Waals surface area contributed by atoms with Gasteiger partial charge in [0.05, 0.1) is 21.7 Å². The molecule has 0 radical (unpaired) electrons. The minimum atomic E-state index is -0.962. The van der Waals surface area contributed by atoms with Crippen LogP contribution in [0.3, 0.4) is 0 Å². The standard InChI is InChI=1S/C45H46ClN7O5/c46-37-19-34(6-3-31(37)22-47)51-16-12-44(25-51)10-14-50(15-11-44)33-4-1-29(2-5-33)41(56)52-26-45(27-52)20-28(21-45)23-49-13-9-30-17-35-36(18-32(30)24-49)43(58)53(42(35)57)38-7-8-39(54)48-40(38)55/h1-6,17-19,28,38H,7-16,20-21,23-27H2,(H,48,54,55). The number of likely N-dealkylation sites (tertiary alicyclic amines) is 1. The Balaban J connectivity index is 0.682. The smallest absolute Gasteiger partial charge is 0.262 e. The number of amides is 5. The molecule has 1 atom stereocenters. The third kappa shape index (κ3) is 6.34. The predicted molar refractivity (Wildman–Crippen MR) is 216 cm³/mol. The van der Waals surface area contributed by atoms with Gasteiger partial charge in [0.15, 0.2) is 0 Å². The van der Waals surface area contributed by atoms with Crippen LogP contribution in [0.4, 0.5) is 11.4 Å². The lowest BCUT2D eigenvalue weighted by Gasteiger charge is -2.59. The van der Waals surface area contributed by atoms with Gasteiger partial charge in [0.2, 0.25) is 11.8 Å². The summed E-state index contributed by atoms with van der Waals surface area (Å²) in [4.78, 5) is 74.6. The summed E-state index contributed by atoms with van der Waals surface area (Å²) in [6, 6.07) is 18.8. The van der Waals surface area contributed by atoms with Crippen LogP contribution in [-0.2, 0) is 22.6 Å². The zero-order valence-corrected chi connectivity index (χ0v) is 33.2. The molecule has 7 aliphatic rings. The molecule has 298 valence electrons. The van der Waals surface area contributed by atoms with Gasteiger partial charge in [0.25, 0.3) is 17.7 Å². The Morgan fingerprint density at radius 1 is 0.793 bits per heavy atom. The third-order valence-electron chi connectivity index (χ3n) is 14.3. The fourth-order valence-corrected chi connectivity index (χ4v) is 11.4. The van der Waals surface area contributed by atoms with Gasteiger partial charge in [-0.1, -0.05) is 11.6 Å². The van der Waals surface area contributed by atoms with Crippen LogP contribution in [0, 0.1) is 28.1 Å². The average molecular weight is 800 g/mol. The lowest BCUT2D eigenvalue weighted by atomic mass is 9.57. The quantitative estimate of drug-likeness (QED) is 0.341. The first kappa shape index (κ1) is 37.0. The van der Waals surface area contributed by atoms with Crippen molar-refractivity contribution in [3.63, 3.8) is 0 Å². The normalized spacial score (nSPS) is 23.8. The van der Waals surface area contributed by atoms with Crippen molar-refractivity contribution in [1.29, 1.82) is 5.26 Å². The number of rotatable bonds is 6. The number of carbonyl (C=O) groups excluding carboxylic acids is 5. The Morgan fingerprint density at radius 2 is 1.47 bits per heavy atom. The molecule has 13 heteroatoms. The molecule has 0 aromatic heterocycles. The summed E-state index contributed by atoms with van der Waals surface area (Å²) >= 11 is 6.33. The largest absolute Gasteiger partial charge is 0.371 e. The van der Waals surface area contributed by atoms with E-state index in [1.807, 2.05) is 47.4 Å². The van der Waals surface area contributed by atoms with Gasteiger partial charge in [-0.15, -0.1) is 0 Å². The first-order chi connectivity index (χ1) is 28.0. The number of anilines is 2. The van der Waals surface area contributed by atoms with E-state index in [2.05, 4.69) is 38.2 Å². The van der Waals surface area contributed by atoms with Gasteiger partial charge >= 0.3 is 0 Å². The number of nitrogens with zero attached hydrogens (tertiary/aromatic N) is 6. The molecule has 58 heavy (non-hydrogen) atoms. The molecule has 1 unspecified atom stereocenters. The average Bonchev–Trinajstić information content (AvgIpc) is 3.71. The lowest BCUT2D eigenvalue weighted by molar-refractivity contribution is -0.136. The van der Waals surface area contributed by atoms with E-state index < -0.39 is 23.8 Å². The first-order valence-corrected chi connectivity index (χ1v) is 21.1. The van der Waals surface area contributed by atoms with Crippen molar-refractivity contribution in [2.45, 2.75) is 64.0 Å². The fourth-order valence-electron chi connectivity index (χ4n) is 11.2. The van der Waals surface area contributed by atoms with Crippen molar-refractivity contribution >= 4 is 52.5 Å². The van der Waals surface area contributed by atoms with Crippen molar-refractivity contribution in [2.75, 3.05) is 62.2 Å². The molecule has 6 heterocycles. The molecule has 1 saturated carbocycles. The molecule has 0 bridgehead atoms. The van der Waals surface area contributed by atoms with Crippen LogP contribution >= 0.6 is 11.6 Å². The topological polar surface area (TPSA) is 137 Å². The third-order valence-corrected chi connectivity index (χ3v) is 14.6. The van der Waals surface area contributed by atoms with Crippen LogP contribution in [0.1, 0.15) is 92.7 Å². The number of hydrogen-bond donors (Lipinski definition) is 1. The molecule has 12 nitrogen and oxygen atoms in total. The van der Waals surface area contributed by atoms with Crippen LogP contribution in [-0.4, -0.2) is 103 Å². The zero-order valence-electron chi connectivity index (χ0n) is 32.5. The number of fused-ring (bicyclic) bond motifs is 2. The number of halogens is 1. The Hall–Kier alpha value is -5.25. The van der Waals surface area contributed by atoms with Crippen LogP contribution < -0.4 is 15.1 Å². The van der Waals surface area contributed by atoms with E-state index >= 15 is 0 Å². The van der Waals surface area contributed by atoms with E-state index in [0.29, 0.717) is 34.2 Å². The van der Waals surface area contributed by atoms with Gasteiger partial charge in [-0.05, 0) is 122 Å². The van der Waals surface area contributed by atoms with Crippen LogP contribution in [0.25, 0.3) is 0 Å². The molecule has 5 fully saturated rings. The van der Waals surface area contributed by atoms with E-state index in [1.54, 1.807) is 0 Å². The highest BCUT2D eigenvalue weighted by atomic mass is 35.5. The van der Waals surface area contributed by atoms with Gasteiger partial charge in [0.1, 0.15) is 12.1 Å². The fraction of sp³-hybridized carbons (Fsp3) is 0.467. The molecule has 3 aromatic rings. The van der Waals surface area contributed by atoms with Crippen molar-refractivity contribution in [2.24, 2.45) is 16.7 Å². The Labute approximate surface area is 342 Å². The predicted octanol–water partition coefficient (Wildman–Crippen LogP) is 5.02. The maximum atomic E-state index is 13.5. The number of nitriles is 1. The second kappa shape index (κ2) is 13.9. The molecule has 3 aromatic carbocycles. The number of hydrogen-bond acceptors (Lipinski definition) is 9. The zero-order chi connectivity index (χ0) is 39.9. The van der Waals surface area contributed by atoms with E-state index in [-0.39, 0.29) is 35.5 Å². The number of benzene rings is 3. The molecule has 4 saturated heterocycles. The highest BCUT2D eigenvalue weighted by Gasteiger charge is 2.54. The monoisotopic (exact) mass is 799 g/mol. The van der Waals surface area contributed by atoms with Gasteiger partial charge in [-0.3, -0.25) is 39.1 Å². The number of imide groups is 2. The summed E-state index contributed by atoms with van der Waals surface area (Å²) in [5, 5.41) is 12.0. The van der Waals surface area contributed by atoms with Gasteiger partial charge in [-0.2, -0.15) is 5.26 Å². The van der Waals surface area contributed by atoms with Crippen molar-refractivity contribution in [3.8, 4) is 6.07 Å². The highest BCUT2D eigenvalue weighted by molar-refractivity contribution is 6.32. The highest BCUT2D eigenvalue weighted by Crippen LogP contribution is 2.52. The summed E-state index contributed by atoms with van der Waals surface area (Å²) in [7, 11) is 0. The summed E-state index contributed by atoms with van der Waals surface area (Å²) in [5.74, 6) is -1.23. The van der Waals surface area contributed by atoms with Crippen molar-refractivity contribution in [1.82, 2.24) is 20.0 Å². The summed E-state index contributed by atoms with van der Waals surface area (Å²) in [5.41, 5.74) is 6.83. The van der Waals surface area contributed by atoms with Gasteiger partial charge in [0, 0.05) is 87.7 Å². The number of carbonyl (C=O) groups is 5. The van der Waals surface area contributed by atoms with E-state index in [0.717, 1.165) is 118 Å². The molecule has 6 aliphatic heterocycles. The number of piperidine rings is 2. The summed E-state index contributed by atoms with van der Waals surface area (Å²) in [6.45, 7) is 8.14. The number of nitrogens with one attached hydrogen (secondary N) is 1. The summed E-state index contributed by atoms with van der Waals surface area (Å²) in [6.07, 6.45) is 6.63. The van der Waals surface area contributed by atoms with Gasteiger partial charge in [-0.25, -0.2) is 0 Å². The van der Waals surface area contributed by atoms with E-state index in [4.69, 9.17) is 11.6 Å².